The first-order valence-corrected chi connectivity index (χ1v) is 38.6. The number of hydrogen-bond donors (Lipinski definition) is 1. The van der Waals surface area contributed by atoms with E-state index >= 15 is 0 Å². The number of likely N-dealkylation sites (N-methyl/N-ethyl adjacent to an activating group) is 1. The van der Waals surface area contributed by atoms with Crippen molar-refractivity contribution in [1.29, 1.82) is 0 Å². The first kappa shape index (κ1) is 82.5. The lowest BCUT2D eigenvalue weighted by Crippen LogP contribution is -2.47. The molecule has 0 aliphatic carbocycles. The lowest BCUT2D eigenvalue weighted by atomic mass is 10.0. The molecule has 0 fully saturated rings. The van der Waals surface area contributed by atoms with Crippen LogP contribution in [-0.2, 0) is 27.9 Å². The highest BCUT2D eigenvalue weighted by molar-refractivity contribution is 7.45. The molecule has 0 rings (SSSR count). The first-order chi connectivity index (χ1) is 40.9. The van der Waals surface area contributed by atoms with E-state index in [2.05, 4.69) is 38.2 Å². The molecule has 84 heavy (non-hydrogen) atoms. The summed E-state index contributed by atoms with van der Waals surface area (Å²) in [4.78, 5) is 40.2. The number of phosphoric ester groups is 1. The van der Waals surface area contributed by atoms with Gasteiger partial charge in [-0.15, -0.1) is 0 Å². The molecular weight excluding hydrogens is 1060 g/mol. The minimum Gasteiger partial charge on any atom is -0.756 e. The van der Waals surface area contributed by atoms with Gasteiger partial charge in [-0.3, -0.25) is 14.2 Å². The van der Waals surface area contributed by atoms with Gasteiger partial charge in [0.05, 0.1) is 33.8 Å². The Kier molecular flexibility index (Phi) is 63.3. The summed E-state index contributed by atoms with van der Waals surface area (Å²) in [5.41, 5.74) is 0. The van der Waals surface area contributed by atoms with Crippen LogP contribution in [0, 0.1) is 0 Å². The van der Waals surface area contributed by atoms with Crippen LogP contribution in [0.1, 0.15) is 387 Å². The molecule has 0 aromatic rings. The highest BCUT2D eigenvalue weighted by Gasteiger charge is 2.27. The van der Waals surface area contributed by atoms with Crippen molar-refractivity contribution in [2.75, 3.05) is 40.9 Å². The minimum atomic E-state index is -4.70. The van der Waals surface area contributed by atoms with Crippen LogP contribution in [0.3, 0.4) is 0 Å². The van der Waals surface area contributed by atoms with Crippen LogP contribution in [-0.4, -0.2) is 69.4 Å². The Morgan fingerprint density at radius 1 is 0.405 bits per heavy atom. The normalized spacial score (nSPS) is 13.6. The van der Waals surface area contributed by atoms with Gasteiger partial charge in [-0.1, -0.05) is 341 Å². The molecule has 0 aliphatic heterocycles. The van der Waals surface area contributed by atoms with Gasteiger partial charge in [-0.05, 0) is 57.4 Å². The number of carbonyl (C=O) groups is 2. The van der Waals surface area contributed by atoms with Crippen molar-refractivity contribution in [3.8, 4) is 0 Å². The van der Waals surface area contributed by atoms with Gasteiger partial charge in [0.15, 0.2) is 0 Å². The second kappa shape index (κ2) is 64.5. The van der Waals surface area contributed by atoms with Crippen LogP contribution >= 0.6 is 7.82 Å². The smallest absolute Gasteiger partial charge is 0.306 e. The fourth-order valence-electron chi connectivity index (χ4n) is 11.4. The second-order valence-corrected chi connectivity index (χ2v) is 28.2. The fourth-order valence-corrected chi connectivity index (χ4v) is 12.1. The molecule has 0 aromatic heterocycles. The second-order valence-electron chi connectivity index (χ2n) is 26.8. The van der Waals surface area contributed by atoms with E-state index in [1.165, 1.54) is 295 Å². The summed E-state index contributed by atoms with van der Waals surface area (Å²) in [6.07, 6.45) is 78.8. The van der Waals surface area contributed by atoms with E-state index in [1.807, 2.05) is 33.3 Å². The van der Waals surface area contributed by atoms with Gasteiger partial charge in [-0.25, -0.2) is 0 Å². The predicted molar refractivity (Wildman–Crippen MR) is 363 cm³/mol. The van der Waals surface area contributed by atoms with E-state index in [4.69, 9.17) is 13.8 Å². The van der Waals surface area contributed by atoms with E-state index in [9.17, 15) is 19.0 Å². The number of ether oxygens (including phenoxy) is 1. The SMILES string of the molecule is CCCCCCCC/C=C/CCCCCCCCCCCCCC(=O)NC(COP(=O)([O-])OCC[N+](C)(C)C)C(/C=C/CCCCCCCCCCCC)OC(=O)CCCCCCCCCCCCCCCCCCCCCCCCCCC. The summed E-state index contributed by atoms with van der Waals surface area (Å²) in [6, 6.07) is -0.884. The Bertz CT molecular complexity index is 1480. The number of esters is 1. The Morgan fingerprint density at radius 3 is 1.01 bits per heavy atom. The lowest BCUT2D eigenvalue weighted by Gasteiger charge is -2.30. The molecule has 0 saturated heterocycles. The van der Waals surface area contributed by atoms with Crippen LogP contribution in [0.25, 0.3) is 0 Å². The van der Waals surface area contributed by atoms with E-state index in [-0.39, 0.29) is 31.5 Å². The maximum atomic E-state index is 13.6. The molecule has 0 bridgehead atoms. The zero-order valence-electron chi connectivity index (χ0n) is 57.1. The fraction of sp³-hybridized carbons (Fsp3) is 0.919. The van der Waals surface area contributed by atoms with Crippen LogP contribution in [0.4, 0.5) is 0 Å². The standard InChI is InChI=1S/C74H145N2O7P/c1-7-10-13-16-19-22-25-28-30-32-34-36-37-38-39-41-43-45-47-49-52-55-58-61-64-67-74(78)83-72(65-62-59-56-53-50-27-24-21-18-15-12-9-3)71(70-82-84(79,80)81-69-68-76(4,5)6)75-73(77)66-63-60-57-54-51-48-46-44-42-40-35-33-31-29-26-23-20-17-14-11-8-2/h29,31,62,65,71-72H,7-28,30,32-61,63-64,66-70H2,1-6H3,(H-,75,77,79,80)/b31-29+,65-62+. The summed E-state index contributed by atoms with van der Waals surface area (Å²) in [7, 11) is 1.21. The van der Waals surface area contributed by atoms with Gasteiger partial charge in [-0.2, -0.15) is 0 Å². The van der Waals surface area contributed by atoms with Crippen molar-refractivity contribution in [2.24, 2.45) is 0 Å². The number of allylic oxidation sites excluding steroid dienone is 3. The van der Waals surface area contributed by atoms with E-state index in [1.54, 1.807) is 0 Å². The molecule has 0 spiro atoms. The number of carbonyl (C=O) groups excluding carboxylic acids is 2. The van der Waals surface area contributed by atoms with Gasteiger partial charge in [0.2, 0.25) is 5.91 Å². The Balaban J connectivity index is 4.98. The van der Waals surface area contributed by atoms with E-state index in [0.717, 1.165) is 57.8 Å². The zero-order valence-corrected chi connectivity index (χ0v) is 58.0. The topological polar surface area (TPSA) is 114 Å². The van der Waals surface area contributed by atoms with Gasteiger partial charge in [0, 0.05) is 12.8 Å². The van der Waals surface area contributed by atoms with Crippen molar-refractivity contribution in [2.45, 2.75) is 399 Å². The molecular formula is C74H145N2O7P. The Morgan fingerprint density at radius 2 is 0.690 bits per heavy atom. The predicted octanol–water partition coefficient (Wildman–Crippen LogP) is 23.0. The molecule has 0 aromatic carbocycles. The van der Waals surface area contributed by atoms with Gasteiger partial charge >= 0.3 is 5.97 Å². The first-order valence-electron chi connectivity index (χ1n) is 37.1. The highest BCUT2D eigenvalue weighted by Crippen LogP contribution is 2.38. The third kappa shape index (κ3) is 64.9. The molecule has 9 nitrogen and oxygen atoms in total. The molecule has 3 unspecified atom stereocenters. The number of quaternary nitrogens is 1. The van der Waals surface area contributed by atoms with Crippen molar-refractivity contribution in [3.05, 3.63) is 24.3 Å². The number of amides is 1. The number of nitrogens with one attached hydrogen (secondary N) is 1. The van der Waals surface area contributed by atoms with E-state index in [0.29, 0.717) is 17.4 Å². The third-order valence-corrected chi connectivity index (χ3v) is 18.1. The molecule has 10 heteroatoms. The number of unbranched alkanes of at least 4 members (excludes halogenated alkanes) is 51. The maximum absolute atomic E-state index is 13.6. The maximum Gasteiger partial charge on any atom is 0.306 e. The summed E-state index contributed by atoms with van der Waals surface area (Å²) in [6.45, 7) is 6.91. The van der Waals surface area contributed by atoms with Gasteiger partial charge in [0.1, 0.15) is 19.3 Å². The quantitative estimate of drug-likeness (QED) is 0.0212. The summed E-state index contributed by atoms with van der Waals surface area (Å²) in [5.74, 6) is -0.517. The lowest BCUT2D eigenvalue weighted by molar-refractivity contribution is -0.870. The molecule has 0 saturated carbocycles. The average molecular weight is 1210 g/mol. The number of hydrogen-bond acceptors (Lipinski definition) is 7. The largest absolute Gasteiger partial charge is 0.756 e. The third-order valence-electron chi connectivity index (χ3n) is 17.1. The highest BCUT2D eigenvalue weighted by atomic mass is 31.2. The number of phosphoric acid groups is 1. The molecule has 1 N–H and O–H groups in total. The van der Waals surface area contributed by atoms with Crippen LogP contribution < -0.4 is 10.2 Å². The Labute approximate surface area is 524 Å². The van der Waals surface area contributed by atoms with Crippen molar-refractivity contribution in [3.63, 3.8) is 0 Å². The van der Waals surface area contributed by atoms with Crippen LogP contribution in [0.15, 0.2) is 24.3 Å². The minimum absolute atomic E-state index is 0.0183. The van der Waals surface area contributed by atoms with Crippen LogP contribution in [0.2, 0.25) is 0 Å². The summed E-state index contributed by atoms with van der Waals surface area (Å²) in [5, 5.41) is 3.05. The summed E-state index contributed by atoms with van der Waals surface area (Å²) < 4.78 is 30.5. The van der Waals surface area contributed by atoms with Gasteiger partial charge < -0.3 is 28.5 Å². The van der Waals surface area contributed by atoms with Crippen molar-refractivity contribution in [1.82, 2.24) is 5.32 Å². The van der Waals surface area contributed by atoms with E-state index < -0.39 is 20.0 Å². The molecule has 498 valence electrons. The zero-order chi connectivity index (χ0) is 61.4. The van der Waals surface area contributed by atoms with Crippen molar-refractivity contribution >= 4 is 19.7 Å². The molecule has 3 atom stereocenters. The molecule has 0 radical (unpaired) electrons. The Hall–Kier alpha value is -1.51. The van der Waals surface area contributed by atoms with Crippen LogP contribution in [0.5, 0.6) is 0 Å². The average Bonchev–Trinajstić information content (AvgIpc) is 3.64. The summed E-state index contributed by atoms with van der Waals surface area (Å²) >= 11 is 0. The number of nitrogens with zero attached hydrogens (tertiary/aromatic N) is 1. The van der Waals surface area contributed by atoms with Crippen molar-refractivity contribution < 1.29 is 37.3 Å². The molecule has 0 aliphatic rings. The molecule has 1 amide bonds. The van der Waals surface area contributed by atoms with Gasteiger partial charge in [0.25, 0.3) is 7.82 Å². The molecule has 0 heterocycles. The number of rotatable bonds is 69. The monoisotopic (exact) mass is 1210 g/mol.